The number of halogens is 1. The van der Waals surface area contributed by atoms with Crippen molar-refractivity contribution in [1.82, 2.24) is 0 Å². The third kappa shape index (κ3) is 2.68. The topological polar surface area (TPSA) is 26.0 Å². The second-order valence-electron chi connectivity index (χ2n) is 3.75. The van der Waals surface area contributed by atoms with Gasteiger partial charge in [-0.05, 0) is 30.4 Å². The van der Waals surface area contributed by atoms with Crippen molar-refractivity contribution in [2.75, 3.05) is 0 Å². The van der Waals surface area contributed by atoms with Gasteiger partial charge in [0.25, 0.3) is 0 Å². The van der Waals surface area contributed by atoms with Crippen molar-refractivity contribution in [2.24, 2.45) is 5.73 Å². The largest absolute Gasteiger partial charge is 0.324 e. The van der Waals surface area contributed by atoms with Crippen LogP contribution in [0.5, 0.6) is 0 Å². The molecular formula is C13H14FNS. The first kappa shape index (κ1) is 11.3. The molecule has 1 aromatic carbocycles. The van der Waals surface area contributed by atoms with Crippen LogP contribution in [-0.2, 0) is 6.42 Å². The summed E-state index contributed by atoms with van der Waals surface area (Å²) in [6.07, 6.45) is 1.69. The van der Waals surface area contributed by atoms with Crippen LogP contribution in [0.1, 0.15) is 22.9 Å². The molecule has 16 heavy (non-hydrogen) atoms. The number of hydrogen-bond acceptors (Lipinski definition) is 2. The third-order valence-corrected chi connectivity index (χ3v) is 3.52. The zero-order valence-corrected chi connectivity index (χ0v) is 9.71. The van der Waals surface area contributed by atoms with Gasteiger partial charge in [0.15, 0.2) is 0 Å². The lowest BCUT2D eigenvalue weighted by molar-refractivity contribution is 0.565. The van der Waals surface area contributed by atoms with Crippen molar-refractivity contribution < 1.29 is 4.39 Å². The fourth-order valence-corrected chi connectivity index (χ4v) is 2.41. The monoisotopic (exact) mass is 235 g/mol. The van der Waals surface area contributed by atoms with Gasteiger partial charge in [-0.25, -0.2) is 4.39 Å². The minimum Gasteiger partial charge on any atom is -0.324 e. The number of hydrogen-bond donors (Lipinski definition) is 1. The molecule has 0 aliphatic carbocycles. The van der Waals surface area contributed by atoms with E-state index in [1.54, 1.807) is 23.5 Å². The number of thiophene rings is 1. The molecule has 0 fully saturated rings. The summed E-state index contributed by atoms with van der Waals surface area (Å²) >= 11 is 1.71. The molecule has 0 aliphatic rings. The predicted molar refractivity (Wildman–Crippen MR) is 66.0 cm³/mol. The molecule has 1 aromatic heterocycles. The molecule has 2 rings (SSSR count). The first-order valence-electron chi connectivity index (χ1n) is 5.30. The van der Waals surface area contributed by atoms with E-state index in [1.807, 2.05) is 17.5 Å². The molecule has 1 heterocycles. The van der Waals surface area contributed by atoms with E-state index in [0.717, 1.165) is 12.8 Å². The Morgan fingerprint density at radius 2 is 2.00 bits per heavy atom. The molecule has 84 valence electrons. The maximum absolute atomic E-state index is 13.4. The summed E-state index contributed by atoms with van der Waals surface area (Å²) in [6, 6.07) is 10.6. The fourth-order valence-electron chi connectivity index (χ4n) is 1.68. The molecule has 0 saturated heterocycles. The van der Waals surface area contributed by atoms with Crippen molar-refractivity contribution in [3.05, 3.63) is 58.0 Å². The highest BCUT2D eigenvalue weighted by atomic mass is 32.1. The standard InChI is InChI=1S/C13H14FNS/c14-12-6-2-1-5-11(12)13(15)8-7-10-4-3-9-16-10/h1-6,9,13H,7-8,15H2. The van der Waals surface area contributed by atoms with Crippen LogP contribution in [0.4, 0.5) is 4.39 Å². The Bertz CT molecular complexity index is 439. The number of benzene rings is 1. The van der Waals surface area contributed by atoms with Gasteiger partial charge in [-0.1, -0.05) is 24.3 Å². The van der Waals surface area contributed by atoms with Crippen LogP contribution in [0.15, 0.2) is 41.8 Å². The van der Waals surface area contributed by atoms with Crippen molar-refractivity contribution in [3.63, 3.8) is 0 Å². The molecule has 0 radical (unpaired) electrons. The van der Waals surface area contributed by atoms with Gasteiger partial charge in [-0.2, -0.15) is 0 Å². The van der Waals surface area contributed by atoms with Gasteiger partial charge in [0.1, 0.15) is 5.82 Å². The first-order chi connectivity index (χ1) is 7.77. The molecule has 0 aliphatic heterocycles. The minimum atomic E-state index is -0.219. The maximum Gasteiger partial charge on any atom is 0.127 e. The summed E-state index contributed by atoms with van der Waals surface area (Å²) in [5.74, 6) is -0.207. The Kier molecular flexibility index (Phi) is 3.70. The SMILES string of the molecule is NC(CCc1cccs1)c1ccccc1F. The van der Waals surface area contributed by atoms with E-state index in [2.05, 4.69) is 6.07 Å². The summed E-state index contributed by atoms with van der Waals surface area (Å²) in [5.41, 5.74) is 6.59. The van der Waals surface area contributed by atoms with Gasteiger partial charge < -0.3 is 5.73 Å². The quantitative estimate of drug-likeness (QED) is 0.862. The Labute approximate surface area is 98.7 Å². The van der Waals surface area contributed by atoms with Gasteiger partial charge in [0.2, 0.25) is 0 Å². The van der Waals surface area contributed by atoms with Crippen molar-refractivity contribution in [3.8, 4) is 0 Å². The lowest BCUT2D eigenvalue weighted by atomic mass is 10.0. The van der Waals surface area contributed by atoms with Gasteiger partial charge in [0.05, 0.1) is 0 Å². The van der Waals surface area contributed by atoms with Crippen LogP contribution in [-0.4, -0.2) is 0 Å². The normalized spacial score (nSPS) is 12.6. The summed E-state index contributed by atoms with van der Waals surface area (Å²) in [7, 11) is 0. The maximum atomic E-state index is 13.4. The lowest BCUT2D eigenvalue weighted by Crippen LogP contribution is -2.12. The number of nitrogens with two attached hydrogens (primary N) is 1. The fraction of sp³-hybridized carbons (Fsp3) is 0.231. The zero-order valence-electron chi connectivity index (χ0n) is 8.90. The van der Waals surface area contributed by atoms with E-state index in [4.69, 9.17) is 5.73 Å². The summed E-state index contributed by atoms with van der Waals surface area (Å²) in [6.45, 7) is 0. The Morgan fingerprint density at radius 3 is 2.69 bits per heavy atom. The molecular weight excluding hydrogens is 221 g/mol. The van der Waals surface area contributed by atoms with Crippen LogP contribution in [0.25, 0.3) is 0 Å². The molecule has 2 aromatic rings. The number of rotatable bonds is 4. The van der Waals surface area contributed by atoms with Gasteiger partial charge >= 0.3 is 0 Å². The second-order valence-corrected chi connectivity index (χ2v) is 4.78. The minimum absolute atomic E-state index is 0.207. The Balaban J connectivity index is 1.98. The van der Waals surface area contributed by atoms with E-state index in [1.165, 1.54) is 10.9 Å². The summed E-state index contributed by atoms with van der Waals surface area (Å²) in [4.78, 5) is 1.30. The van der Waals surface area contributed by atoms with Gasteiger partial charge in [0, 0.05) is 16.5 Å². The third-order valence-electron chi connectivity index (χ3n) is 2.59. The summed E-state index contributed by atoms with van der Waals surface area (Å²) in [5, 5.41) is 2.05. The molecule has 0 saturated carbocycles. The molecule has 0 bridgehead atoms. The van der Waals surface area contributed by atoms with Crippen LogP contribution < -0.4 is 5.73 Å². The van der Waals surface area contributed by atoms with Crippen molar-refractivity contribution in [1.29, 1.82) is 0 Å². The predicted octanol–water partition coefficient (Wildman–Crippen LogP) is 3.52. The van der Waals surface area contributed by atoms with Crippen molar-refractivity contribution >= 4 is 11.3 Å². The van der Waals surface area contributed by atoms with Crippen LogP contribution in [0.2, 0.25) is 0 Å². The highest BCUT2D eigenvalue weighted by molar-refractivity contribution is 7.09. The van der Waals surface area contributed by atoms with Crippen molar-refractivity contribution in [2.45, 2.75) is 18.9 Å². The van der Waals surface area contributed by atoms with E-state index < -0.39 is 0 Å². The molecule has 3 heteroatoms. The Morgan fingerprint density at radius 1 is 1.19 bits per heavy atom. The average molecular weight is 235 g/mol. The molecule has 0 spiro atoms. The smallest absolute Gasteiger partial charge is 0.127 e. The van der Waals surface area contributed by atoms with Crippen LogP contribution in [0, 0.1) is 5.82 Å². The molecule has 1 unspecified atom stereocenters. The highest BCUT2D eigenvalue weighted by Gasteiger charge is 2.10. The molecule has 2 N–H and O–H groups in total. The van der Waals surface area contributed by atoms with Crippen LogP contribution in [0.3, 0.4) is 0 Å². The number of aryl methyl sites for hydroxylation is 1. The van der Waals surface area contributed by atoms with E-state index in [0.29, 0.717) is 5.56 Å². The highest BCUT2D eigenvalue weighted by Crippen LogP contribution is 2.21. The second kappa shape index (κ2) is 5.23. The van der Waals surface area contributed by atoms with E-state index in [-0.39, 0.29) is 11.9 Å². The van der Waals surface area contributed by atoms with Gasteiger partial charge in [-0.3, -0.25) is 0 Å². The first-order valence-corrected chi connectivity index (χ1v) is 6.17. The summed E-state index contributed by atoms with van der Waals surface area (Å²) < 4.78 is 13.4. The molecule has 0 amide bonds. The van der Waals surface area contributed by atoms with E-state index >= 15 is 0 Å². The molecule has 1 atom stereocenters. The van der Waals surface area contributed by atoms with Crippen LogP contribution >= 0.6 is 11.3 Å². The average Bonchev–Trinajstić information content (AvgIpc) is 2.79. The molecule has 1 nitrogen and oxygen atoms in total. The lowest BCUT2D eigenvalue weighted by Gasteiger charge is -2.11. The zero-order chi connectivity index (χ0) is 11.4. The van der Waals surface area contributed by atoms with Gasteiger partial charge in [-0.15, -0.1) is 11.3 Å². The Hall–Kier alpha value is -1.19. The van der Waals surface area contributed by atoms with E-state index in [9.17, 15) is 4.39 Å².